The molecule has 0 amide bonds. The summed E-state index contributed by atoms with van der Waals surface area (Å²) in [4.78, 5) is 12.1. The van der Waals surface area contributed by atoms with Gasteiger partial charge in [-0.3, -0.25) is 4.79 Å². The van der Waals surface area contributed by atoms with Crippen molar-refractivity contribution in [3.63, 3.8) is 0 Å². The SMILES string of the molecule is O=C1C[C@H](C#Cc2ccccc2)Oc2ccc(Br)cc21. The van der Waals surface area contributed by atoms with Crippen LogP contribution in [0.15, 0.2) is 53.0 Å². The third kappa shape index (κ3) is 2.76. The number of benzene rings is 2. The maximum absolute atomic E-state index is 12.1. The monoisotopic (exact) mass is 326 g/mol. The molecule has 98 valence electrons. The summed E-state index contributed by atoms with van der Waals surface area (Å²) in [6.45, 7) is 0. The molecule has 0 radical (unpaired) electrons. The molecule has 0 N–H and O–H groups in total. The molecule has 1 heterocycles. The third-order valence-corrected chi connectivity index (χ3v) is 3.53. The fraction of sp³-hybridized carbons (Fsp3) is 0.118. The van der Waals surface area contributed by atoms with Gasteiger partial charge in [-0.05, 0) is 30.3 Å². The second kappa shape index (κ2) is 5.52. The van der Waals surface area contributed by atoms with Crippen LogP contribution in [0.5, 0.6) is 5.75 Å². The minimum atomic E-state index is -0.378. The van der Waals surface area contributed by atoms with E-state index in [4.69, 9.17) is 4.74 Å². The number of hydrogen-bond donors (Lipinski definition) is 0. The molecule has 20 heavy (non-hydrogen) atoms. The largest absolute Gasteiger partial charge is 0.477 e. The van der Waals surface area contributed by atoms with Crippen LogP contribution in [-0.2, 0) is 0 Å². The lowest BCUT2D eigenvalue weighted by molar-refractivity contribution is 0.0900. The molecule has 2 aromatic carbocycles. The molecule has 0 fully saturated rings. The van der Waals surface area contributed by atoms with E-state index in [9.17, 15) is 4.79 Å². The molecule has 1 atom stereocenters. The van der Waals surface area contributed by atoms with Crippen molar-refractivity contribution in [2.75, 3.05) is 0 Å². The third-order valence-electron chi connectivity index (χ3n) is 3.03. The van der Waals surface area contributed by atoms with E-state index in [1.807, 2.05) is 36.4 Å². The Kier molecular flexibility index (Phi) is 3.58. The van der Waals surface area contributed by atoms with Crippen molar-refractivity contribution >= 4 is 21.7 Å². The zero-order valence-corrected chi connectivity index (χ0v) is 12.2. The molecule has 0 saturated heterocycles. The average molecular weight is 327 g/mol. The number of Topliss-reactive ketones (excluding diaryl/α,β-unsaturated/α-hetero) is 1. The molecular weight excluding hydrogens is 316 g/mol. The first kappa shape index (κ1) is 13.0. The number of fused-ring (bicyclic) bond motifs is 1. The molecule has 0 unspecified atom stereocenters. The van der Waals surface area contributed by atoms with E-state index in [2.05, 4.69) is 27.8 Å². The summed E-state index contributed by atoms with van der Waals surface area (Å²) >= 11 is 3.36. The van der Waals surface area contributed by atoms with Crippen LogP contribution in [0.3, 0.4) is 0 Å². The Morgan fingerprint density at radius 1 is 1.15 bits per heavy atom. The predicted octanol–water partition coefficient (Wildman–Crippen LogP) is 3.83. The van der Waals surface area contributed by atoms with E-state index in [-0.39, 0.29) is 11.9 Å². The highest BCUT2D eigenvalue weighted by Gasteiger charge is 2.25. The summed E-state index contributed by atoms with van der Waals surface area (Å²) in [6.07, 6.45) is -0.0834. The van der Waals surface area contributed by atoms with Crippen molar-refractivity contribution in [1.29, 1.82) is 0 Å². The molecule has 2 nitrogen and oxygen atoms in total. The molecule has 0 saturated carbocycles. The second-order valence-electron chi connectivity index (χ2n) is 4.51. The van der Waals surface area contributed by atoms with Gasteiger partial charge in [0, 0.05) is 10.0 Å². The normalized spacial score (nSPS) is 16.6. The maximum atomic E-state index is 12.1. The van der Waals surface area contributed by atoms with Crippen molar-refractivity contribution in [1.82, 2.24) is 0 Å². The van der Waals surface area contributed by atoms with Gasteiger partial charge in [0.25, 0.3) is 0 Å². The first-order valence-corrected chi connectivity index (χ1v) is 7.08. The standard InChI is InChI=1S/C17H11BrO2/c18-13-7-9-17-15(10-13)16(19)11-14(20-17)8-6-12-4-2-1-3-5-12/h1-5,7,9-10,14H,11H2/t14-/m0/s1. The molecule has 1 aliphatic rings. The number of rotatable bonds is 0. The van der Waals surface area contributed by atoms with E-state index in [0.29, 0.717) is 17.7 Å². The Hall–Kier alpha value is -2.05. The molecule has 0 aromatic heterocycles. The zero-order valence-electron chi connectivity index (χ0n) is 10.6. The number of carbonyl (C=O) groups is 1. The number of halogens is 1. The Labute approximate surface area is 125 Å². The van der Waals surface area contributed by atoms with Crippen LogP contribution in [0.4, 0.5) is 0 Å². The molecule has 0 bridgehead atoms. The van der Waals surface area contributed by atoms with Gasteiger partial charge in [-0.1, -0.05) is 46.0 Å². The highest BCUT2D eigenvalue weighted by atomic mass is 79.9. The quantitative estimate of drug-likeness (QED) is 0.688. The number of hydrogen-bond acceptors (Lipinski definition) is 2. The summed E-state index contributed by atoms with van der Waals surface area (Å²) in [5.74, 6) is 6.74. The van der Waals surface area contributed by atoms with E-state index < -0.39 is 0 Å². The van der Waals surface area contributed by atoms with Crippen molar-refractivity contribution in [2.24, 2.45) is 0 Å². The van der Waals surface area contributed by atoms with E-state index >= 15 is 0 Å². The molecule has 2 aromatic rings. The second-order valence-corrected chi connectivity index (χ2v) is 5.43. The van der Waals surface area contributed by atoms with Crippen molar-refractivity contribution in [3.05, 3.63) is 64.1 Å². The Morgan fingerprint density at radius 2 is 1.95 bits per heavy atom. The first-order valence-electron chi connectivity index (χ1n) is 6.28. The summed E-state index contributed by atoms with van der Waals surface area (Å²) in [5.41, 5.74) is 1.54. The van der Waals surface area contributed by atoms with Crippen molar-refractivity contribution in [3.8, 4) is 17.6 Å². The smallest absolute Gasteiger partial charge is 0.171 e. The Bertz CT molecular complexity index is 711. The van der Waals surface area contributed by atoms with Gasteiger partial charge in [0.2, 0.25) is 0 Å². The van der Waals surface area contributed by atoms with Crippen LogP contribution < -0.4 is 4.74 Å². The predicted molar refractivity (Wildman–Crippen MR) is 80.8 cm³/mol. The van der Waals surface area contributed by atoms with Gasteiger partial charge in [-0.15, -0.1) is 0 Å². The van der Waals surface area contributed by atoms with Gasteiger partial charge in [-0.25, -0.2) is 0 Å². The highest BCUT2D eigenvalue weighted by Crippen LogP contribution is 2.29. The molecular formula is C17H11BrO2. The summed E-state index contributed by atoms with van der Waals surface area (Å²) in [5, 5.41) is 0. The van der Waals surface area contributed by atoms with E-state index in [1.165, 1.54) is 0 Å². The molecule has 0 aliphatic carbocycles. The van der Waals surface area contributed by atoms with E-state index in [1.54, 1.807) is 12.1 Å². The summed E-state index contributed by atoms with van der Waals surface area (Å²) in [6, 6.07) is 15.1. The zero-order chi connectivity index (χ0) is 13.9. The molecule has 3 rings (SSSR count). The van der Waals surface area contributed by atoms with Gasteiger partial charge in [0.05, 0.1) is 12.0 Å². The van der Waals surface area contributed by atoms with Gasteiger partial charge in [0.15, 0.2) is 11.9 Å². The number of carbonyl (C=O) groups excluding carboxylic acids is 1. The lowest BCUT2D eigenvalue weighted by Crippen LogP contribution is -2.25. The maximum Gasteiger partial charge on any atom is 0.171 e. The Balaban J connectivity index is 1.84. The van der Waals surface area contributed by atoms with E-state index in [0.717, 1.165) is 10.0 Å². The van der Waals surface area contributed by atoms with Crippen LogP contribution in [-0.4, -0.2) is 11.9 Å². The van der Waals surface area contributed by atoms with Gasteiger partial charge in [0.1, 0.15) is 5.75 Å². The molecule has 1 aliphatic heterocycles. The van der Waals surface area contributed by atoms with Gasteiger partial charge in [-0.2, -0.15) is 0 Å². The van der Waals surface area contributed by atoms with Crippen LogP contribution in [0, 0.1) is 11.8 Å². The topological polar surface area (TPSA) is 26.3 Å². The average Bonchev–Trinajstić information content (AvgIpc) is 2.47. The minimum Gasteiger partial charge on any atom is -0.477 e. The van der Waals surface area contributed by atoms with Crippen LogP contribution in [0.1, 0.15) is 22.3 Å². The summed E-state index contributed by atoms with van der Waals surface area (Å²) in [7, 11) is 0. The summed E-state index contributed by atoms with van der Waals surface area (Å²) < 4.78 is 6.64. The lowest BCUT2D eigenvalue weighted by atomic mass is 10.0. The van der Waals surface area contributed by atoms with Gasteiger partial charge < -0.3 is 4.74 Å². The lowest BCUT2D eigenvalue weighted by Gasteiger charge is -2.21. The van der Waals surface area contributed by atoms with Crippen molar-refractivity contribution in [2.45, 2.75) is 12.5 Å². The minimum absolute atomic E-state index is 0.0694. The number of ether oxygens (including phenoxy) is 1. The number of ketones is 1. The highest BCUT2D eigenvalue weighted by molar-refractivity contribution is 9.10. The van der Waals surface area contributed by atoms with Crippen LogP contribution in [0.2, 0.25) is 0 Å². The molecule has 3 heteroatoms. The fourth-order valence-electron chi connectivity index (χ4n) is 2.06. The van der Waals surface area contributed by atoms with Gasteiger partial charge >= 0.3 is 0 Å². The van der Waals surface area contributed by atoms with Crippen molar-refractivity contribution < 1.29 is 9.53 Å². The Morgan fingerprint density at radius 3 is 2.75 bits per heavy atom. The molecule has 0 spiro atoms. The first-order chi connectivity index (χ1) is 9.72. The van der Waals surface area contributed by atoms with Crippen LogP contribution in [0.25, 0.3) is 0 Å². The fourth-order valence-corrected chi connectivity index (χ4v) is 2.42. The van der Waals surface area contributed by atoms with Crippen LogP contribution >= 0.6 is 15.9 Å².